The first kappa shape index (κ1) is 15.9. The third kappa shape index (κ3) is 3.40. The lowest BCUT2D eigenvalue weighted by molar-refractivity contribution is 0.121. The van der Waals surface area contributed by atoms with Crippen LogP contribution >= 0.6 is 0 Å². The monoisotopic (exact) mass is 312 g/mol. The van der Waals surface area contributed by atoms with Crippen LogP contribution in [0.2, 0.25) is 0 Å². The van der Waals surface area contributed by atoms with Crippen LogP contribution in [-0.4, -0.2) is 39.5 Å². The molecule has 5 nitrogen and oxygen atoms in total. The van der Waals surface area contributed by atoms with Crippen LogP contribution in [0.15, 0.2) is 23.1 Å². The van der Waals surface area contributed by atoms with Crippen molar-refractivity contribution in [3.05, 3.63) is 29.6 Å². The number of piperidine rings is 1. The summed E-state index contributed by atoms with van der Waals surface area (Å²) in [6.07, 6.45) is 1.47. The van der Waals surface area contributed by atoms with Crippen LogP contribution < -0.4 is 0 Å². The van der Waals surface area contributed by atoms with Crippen molar-refractivity contribution in [1.82, 2.24) is 4.31 Å². The number of benzene rings is 1. The molecule has 0 amide bonds. The Morgan fingerprint density at radius 1 is 1.43 bits per heavy atom. The SMILES string of the molecule is COCC1CCN(S(=O)(=O)c2ccc(F)c(C#N)c2)CC1. The molecule has 1 aliphatic rings. The first-order valence-corrected chi connectivity index (χ1v) is 8.11. The smallest absolute Gasteiger partial charge is 0.243 e. The lowest BCUT2D eigenvalue weighted by Gasteiger charge is -2.30. The van der Waals surface area contributed by atoms with Crippen LogP contribution in [0.4, 0.5) is 4.39 Å². The molecule has 114 valence electrons. The van der Waals surface area contributed by atoms with Crippen LogP contribution in [0.5, 0.6) is 0 Å². The molecule has 1 aliphatic heterocycles. The standard InChI is InChI=1S/C14H17FN2O3S/c1-20-10-11-4-6-17(7-5-11)21(18,19)13-2-3-14(15)12(8-13)9-16/h2-3,8,11H,4-7,10H2,1H3. The highest BCUT2D eigenvalue weighted by Crippen LogP contribution is 2.25. The van der Waals surface area contributed by atoms with E-state index in [1.165, 1.54) is 10.4 Å². The van der Waals surface area contributed by atoms with Gasteiger partial charge in [-0.25, -0.2) is 12.8 Å². The third-order valence-electron chi connectivity index (χ3n) is 3.67. The maximum atomic E-state index is 13.3. The van der Waals surface area contributed by atoms with E-state index < -0.39 is 15.8 Å². The summed E-state index contributed by atoms with van der Waals surface area (Å²) in [7, 11) is -2.05. The highest BCUT2D eigenvalue weighted by Gasteiger charge is 2.29. The van der Waals surface area contributed by atoms with Gasteiger partial charge < -0.3 is 4.74 Å². The Balaban J connectivity index is 2.18. The second kappa shape index (κ2) is 6.52. The van der Waals surface area contributed by atoms with E-state index in [0.717, 1.165) is 25.0 Å². The van der Waals surface area contributed by atoms with E-state index in [9.17, 15) is 12.8 Å². The van der Waals surface area contributed by atoms with Crippen LogP contribution in [0, 0.1) is 23.1 Å². The van der Waals surface area contributed by atoms with E-state index >= 15 is 0 Å². The van der Waals surface area contributed by atoms with Gasteiger partial charge in [0.05, 0.1) is 10.5 Å². The van der Waals surface area contributed by atoms with E-state index in [1.54, 1.807) is 13.2 Å². The van der Waals surface area contributed by atoms with Gasteiger partial charge >= 0.3 is 0 Å². The second-order valence-electron chi connectivity index (χ2n) is 5.06. The van der Waals surface area contributed by atoms with Crippen LogP contribution in [-0.2, 0) is 14.8 Å². The van der Waals surface area contributed by atoms with Crippen molar-refractivity contribution in [3.8, 4) is 6.07 Å². The summed E-state index contributed by atoms with van der Waals surface area (Å²) in [5.74, 6) is -0.348. The number of methoxy groups -OCH3 is 1. The summed E-state index contributed by atoms with van der Waals surface area (Å²) < 4.78 is 44.7. The first-order chi connectivity index (χ1) is 9.98. The van der Waals surface area contributed by atoms with Gasteiger partial charge in [-0.15, -0.1) is 0 Å². The van der Waals surface area contributed by atoms with Gasteiger partial charge in [0.25, 0.3) is 0 Å². The Morgan fingerprint density at radius 3 is 2.67 bits per heavy atom. The second-order valence-corrected chi connectivity index (χ2v) is 6.99. The van der Waals surface area contributed by atoms with Gasteiger partial charge in [0.2, 0.25) is 10.0 Å². The molecular formula is C14H17FN2O3S. The molecule has 0 spiro atoms. The fourth-order valence-electron chi connectivity index (χ4n) is 2.45. The summed E-state index contributed by atoms with van der Waals surface area (Å²) in [5.41, 5.74) is -0.259. The number of nitriles is 1. The van der Waals surface area contributed by atoms with Crippen molar-refractivity contribution >= 4 is 10.0 Å². The Bertz CT molecular complexity index is 647. The fraction of sp³-hybridized carbons (Fsp3) is 0.500. The molecule has 0 bridgehead atoms. The van der Waals surface area contributed by atoms with Gasteiger partial charge in [0.1, 0.15) is 11.9 Å². The summed E-state index contributed by atoms with van der Waals surface area (Å²) in [5, 5.41) is 8.80. The van der Waals surface area contributed by atoms with Crippen LogP contribution in [0.25, 0.3) is 0 Å². The number of hydrogen-bond acceptors (Lipinski definition) is 4. The van der Waals surface area contributed by atoms with E-state index in [-0.39, 0.29) is 10.5 Å². The summed E-state index contributed by atoms with van der Waals surface area (Å²) in [6, 6.07) is 4.97. The molecule has 1 saturated heterocycles. The minimum atomic E-state index is -3.68. The number of rotatable bonds is 4. The number of hydrogen-bond donors (Lipinski definition) is 0. The summed E-state index contributed by atoms with van der Waals surface area (Å²) >= 11 is 0. The van der Waals surface area contributed by atoms with Crippen LogP contribution in [0.3, 0.4) is 0 Å². The lowest BCUT2D eigenvalue weighted by atomic mass is 9.99. The van der Waals surface area contributed by atoms with Gasteiger partial charge in [-0.2, -0.15) is 9.57 Å². The van der Waals surface area contributed by atoms with Crippen molar-refractivity contribution in [2.24, 2.45) is 5.92 Å². The average Bonchev–Trinajstić information content (AvgIpc) is 2.48. The maximum absolute atomic E-state index is 13.3. The maximum Gasteiger partial charge on any atom is 0.243 e. The van der Waals surface area contributed by atoms with Crippen molar-refractivity contribution in [2.45, 2.75) is 17.7 Å². The molecule has 7 heteroatoms. The molecule has 0 unspecified atom stereocenters. The minimum absolute atomic E-state index is 0.0364. The molecular weight excluding hydrogens is 295 g/mol. The predicted molar refractivity (Wildman–Crippen MR) is 74.5 cm³/mol. The number of halogens is 1. The van der Waals surface area contributed by atoms with Crippen LogP contribution in [0.1, 0.15) is 18.4 Å². The molecule has 1 fully saturated rings. The van der Waals surface area contributed by atoms with Crippen molar-refractivity contribution < 1.29 is 17.5 Å². The Kier molecular flexibility index (Phi) is 4.93. The number of sulfonamides is 1. The van der Waals surface area contributed by atoms with E-state index in [1.807, 2.05) is 0 Å². The van der Waals surface area contributed by atoms with Crippen molar-refractivity contribution in [3.63, 3.8) is 0 Å². The molecule has 0 radical (unpaired) electrons. The lowest BCUT2D eigenvalue weighted by Crippen LogP contribution is -2.39. The third-order valence-corrected chi connectivity index (χ3v) is 5.57. The van der Waals surface area contributed by atoms with Crippen molar-refractivity contribution in [1.29, 1.82) is 5.26 Å². The van der Waals surface area contributed by atoms with Gasteiger partial charge in [-0.1, -0.05) is 0 Å². The fourth-order valence-corrected chi connectivity index (χ4v) is 3.95. The van der Waals surface area contributed by atoms with E-state index in [0.29, 0.717) is 25.6 Å². The Hall–Kier alpha value is -1.49. The first-order valence-electron chi connectivity index (χ1n) is 6.67. The van der Waals surface area contributed by atoms with Gasteiger partial charge in [-0.05, 0) is 37.0 Å². The Labute approximate surface area is 124 Å². The molecule has 21 heavy (non-hydrogen) atoms. The van der Waals surface area contributed by atoms with Crippen molar-refractivity contribution in [2.75, 3.05) is 26.8 Å². The average molecular weight is 312 g/mol. The van der Waals surface area contributed by atoms with Gasteiger partial charge in [-0.3, -0.25) is 0 Å². The zero-order valence-electron chi connectivity index (χ0n) is 11.8. The largest absolute Gasteiger partial charge is 0.384 e. The molecule has 0 aliphatic carbocycles. The minimum Gasteiger partial charge on any atom is -0.384 e. The topological polar surface area (TPSA) is 70.4 Å². The van der Waals surface area contributed by atoms with E-state index in [4.69, 9.17) is 10.00 Å². The molecule has 1 heterocycles. The molecule has 0 atom stereocenters. The Morgan fingerprint density at radius 2 is 2.10 bits per heavy atom. The summed E-state index contributed by atoms with van der Waals surface area (Å²) in [4.78, 5) is -0.0364. The molecule has 0 saturated carbocycles. The molecule has 0 aromatic heterocycles. The number of ether oxygens (including phenoxy) is 1. The highest BCUT2D eigenvalue weighted by atomic mass is 32.2. The quantitative estimate of drug-likeness (QED) is 0.849. The molecule has 2 rings (SSSR count). The zero-order chi connectivity index (χ0) is 15.5. The molecule has 0 N–H and O–H groups in total. The molecule has 1 aromatic rings. The highest BCUT2D eigenvalue weighted by molar-refractivity contribution is 7.89. The normalized spacial score (nSPS) is 17.6. The van der Waals surface area contributed by atoms with Gasteiger partial charge in [0, 0.05) is 26.8 Å². The predicted octanol–water partition coefficient (Wildman–Crippen LogP) is 1.74. The molecule has 1 aromatic carbocycles. The van der Waals surface area contributed by atoms with E-state index in [2.05, 4.69) is 0 Å². The summed E-state index contributed by atoms with van der Waals surface area (Å²) in [6.45, 7) is 1.45. The number of nitrogens with zero attached hydrogens (tertiary/aromatic N) is 2. The van der Waals surface area contributed by atoms with Gasteiger partial charge in [0.15, 0.2) is 0 Å². The zero-order valence-corrected chi connectivity index (χ0v) is 12.6.